The highest BCUT2D eigenvalue weighted by Gasteiger charge is 2.30. The quantitative estimate of drug-likeness (QED) is 0.0314. The van der Waals surface area contributed by atoms with Gasteiger partial charge >= 0.3 is 50.0 Å². The van der Waals surface area contributed by atoms with Gasteiger partial charge in [0, 0.05) is 0 Å². The van der Waals surface area contributed by atoms with Crippen LogP contribution < -0.4 is 29.4 Å². The second kappa shape index (κ2) is 121. The molecule has 0 N–H and O–H groups in total. The zero-order chi connectivity index (χ0) is 99.4. The first kappa shape index (κ1) is 151. The van der Waals surface area contributed by atoms with Gasteiger partial charge in [-0.3, -0.25) is 0 Å². The van der Waals surface area contributed by atoms with E-state index in [1.807, 2.05) is 0 Å². The van der Waals surface area contributed by atoms with Gasteiger partial charge in [0.05, 0.1) is 182 Å². The van der Waals surface area contributed by atoms with Crippen LogP contribution in [0.15, 0.2) is 0 Å². The lowest BCUT2D eigenvalue weighted by molar-refractivity contribution is -0.929. The Hall–Kier alpha value is -0.300. The molecule has 18 nitrogen and oxygen atoms in total. The van der Waals surface area contributed by atoms with E-state index >= 15 is 0 Å². The minimum Gasteiger partial charge on any atom is -0.562 e. The molecule has 0 bridgehead atoms. The molecule has 768 valence electrons. The van der Waals surface area contributed by atoms with Crippen molar-refractivity contribution >= 4 is 50.0 Å². The second-order valence-corrected chi connectivity index (χ2v) is 37.7. The standard InChI is InChI=1S/6C16H36N.6FO2P/c6*1-5-9-13-17(14-10-6-2,15-11-7-3)16-12-8-4;6*1-4(2)3/h6*5-16H2,1-4H3;;;;;;/q6*+1;;;;;;. The van der Waals surface area contributed by atoms with Crippen LogP contribution in [0.5, 0.6) is 0 Å². The van der Waals surface area contributed by atoms with Gasteiger partial charge < -0.3 is 56.3 Å². The first-order chi connectivity index (χ1) is 59.8. The third-order valence-electron chi connectivity index (χ3n) is 23.7. The number of hydrogen-bond donors (Lipinski definition) is 0. The fraction of sp³-hybridized carbons (Fsp3) is 1.00. The molecule has 0 spiro atoms. The van der Waals surface area contributed by atoms with Gasteiger partial charge in [0.25, 0.3) is 0 Å². The van der Waals surface area contributed by atoms with E-state index in [-0.39, 0.29) is 0 Å². The average Bonchev–Trinajstić information content (AvgIpc) is 0.914. The van der Waals surface area contributed by atoms with Crippen LogP contribution in [-0.2, 0) is 27.4 Å². The first-order valence-corrected chi connectivity index (χ1v) is 58.2. The van der Waals surface area contributed by atoms with Crippen LogP contribution >= 0.6 is 50.0 Å². The lowest BCUT2D eigenvalue weighted by atomic mass is 10.1. The van der Waals surface area contributed by atoms with Gasteiger partial charge in [-0.2, -0.15) is 0 Å². The van der Waals surface area contributed by atoms with Crippen molar-refractivity contribution in [3.63, 3.8) is 0 Å². The Kier molecular flexibility index (Phi) is 145. The zero-order valence-corrected chi connectivity index (χ0v) is 92.8. The minimum atomic E-state index is -3.62. The number of nitrogens with zero attached hydrogens (tertiary/aromatic N) is 6. The summed E-state index contributed by atoms with van der Waals surface area (Å²) in [5, 5.41) is 0. The predicted molar refractivity (Wildman–Crippen MR) is 528 cm³/mol. The van der Waals surface area contributed by atoms with Crippen molar-refractivity contribution in [3.8, 4) is 0 Å². The summed E-state index contributed by atoms with van der Waals surface area (Å²) in [4.78, 5) is 50.2. The van der Waals surface area contributed by atoms with Crippen molar-refractivity contribution in [1.29, 1.82) is 0 Å². The topological polar surface area (TPSA) is 241 Å². The van der Waals surface area contributed by atoms with Crippen LogP contribution in [0.3, 0.4) is 0 Å². The summed E-state index contributed by atoms with van der Waals surface area (Å²) in [5.41, 5.74) is 0. The van der Waals surface area contributed by atoms with Crippen LogP contribution in [0.2, 0.25) is 0 Å². The van der Waals surface area contributed by atoms with Gasteiger partial charge in [0.15, 0.2) is 0 Å². The molecule has 0 radical (unpaired) electrons. The third kappa shape index (κ3) is 130. The highest BCUT2D eigenvalue weighted by atomic mass is 31.2. The Balaban J connectivity index is -0.000000117. The monoisotopic (exact) mass is 1950 g/mol. The van der Waals surface area contributed by atoms with Crippen molar-refractivity contribution in [1.82, 2.24) is 0 Å². The normalized spacial score (nSPS) is 11.8. The highest BCUT2D eigenvalue weighted by molar-refractivity contribution is 7.30. The molecule has 0 aliphatic rings. The van der Waals surface area contributed by atoms with Crippen LogP contribution in [0.25, 0.3) is 0 Å². The molecular formula is C96H216F6N6O12P6+6. The molecule has 0 aromatic heterocycles. The fourth-order valence-corrected chi connectivity index (χ4v) is 15.9. The maximum absolute atomic E-state index is 9.95. The maximum Gasteiger partial charge on any atom is 0.540 e. The largest absolute Gasteiger partial charge is 0.562 e. The van der Waals surface area contributed by atoms with Crippen molar-refractivity contribution in [2.75, 3.05) is 157 Å². The SMILES string of the molecule is CCCC[N+](CCCC)(CCCC)CCCC.CCCC[N+](CCCC)(CCCC)CCCC.CCCC[N+](CCCC)(CCCC)CCCC.CCCC[N+](CCCC)(CCCC)CCCC.CCCC[N+](CCCC)(CCCC)CCCC.CCCC[N+](CCCC)(CCCC)CCCC.O=[P+]([O-])F.O=[P+]([O-])F.O=[P+]([O-])F.O=[P+]([O-])F.O=[P+]([O-])F.O=[P+]([O-])F. The lowest BCUT2D eigenvalue weighted by Gasteiger charge is -2.39. The molecular weight excluding hydrogens is 1730 g/mol. The van der Waals surface area contributed by atoms with Crippen molar-refractivity contribution in [2.45, 2.75) is 474 Å². The van der Waals surface area contributed by atoms with Crippen molar-refractivity contribution in [2.24, 2.45) is 0 Å². The molecule has 0 rings (SSSR count). The summed E-state index contributed by atoms with van der Waals surface area (Å²) >= 11 is 0. The summed E-state index contributed by atoms with van der Waals surface area (Å²) in [5.74, 6) is 0. The molecule has 6 atom stereocenters. The molecule has 30 heteroatoms. The summed E-state index contributed by atoms with van der Waals surface area (Å²) < 4.78 is 118. The Morgan fingerprint density at radius 2 is 0.159 bits per heavy atom. The molecule has 6 unspecified atom stereocenters. The third-order valence-corrected chi connectivity index (χ3v) is 23.7. The maximum atomic E-state index is 9.95. The zero-order valence-electron chi connectivity index (χ0n) is 87.4. The van der Waals surface area contributed by atoms with Gasteiger partial charge in [0.1, 0.15) is 0 Å². The molecule has 0 saturated heterocycles. The van der Waals surface area contributed by atoms with Crippen LogP contribution in [-0.4, -0.2) is 184 Å². The van der Waals surface area contributed by atoms with E-state index in [2.05, 4.69) is 166 Å². The Labute approximate surface area is 786 Å². The van der Waals surface area contributed by atoms with Gasteiger partial charge in [-0.25, -0.2) is 0 Å². The number of rotatable bonds is 72. The fourth-order valence-electron chi connectivity index (χ4n) is 15.9. The Morgan fingerprint density at radius 3 is 0.183 bits per heavy atom. The van der Waals surface area contributed by atoms with Gasteiger partial charge in [-0.05, 0) is 181 Å². The number of halogens is 6. The molecule has 126 heavy (non-hydrogen) atoms. The van der Waals surface area contributed by atoms with Crippen LogP contribution in [0.1, 0.15) is 474 Å². The molecule has 0 saturated carbocycles. The average molecular weight is 1950 g/mol. The molecule has 0 heterocycles. The summed E-state index contributed by atoms with van der Waals surface area (Å²) in [6, 6.07) is 0. The van der Waals surface area contributed by atoms with Crippen molar-refractivity contribution in [3.05, 3.63) is 0 Å². The highest BCUT2D eigenvalue weighted by Crippen LogP contribution is 2.24. The molecule has 0 aromatic rings. The molecule has 0 aromatic carbocycles. The molecule has 0 amide bonds. The predicted octanol–water partition coefficient (Wildman–Crippen LogP) is 29.9. The Bertz CT molecular complexity index is 1570. The molecule has 0 fully saturated rings. The summed E-state index contributed by atoms with van der Waals surface area (Å²) in [6.07, 6.45) is 66.4. The lowest BCUT2D eigenvalue weighted by Crippen LogP contribution is -2.50. The molecule has 0 aliphatic carbocycles. The van der Waals surface area contributed by atoms with E-state index in [1.165, 1.54) is 492 Å². The van der Waals surface area contributed by atoms with E-state index in [1.54, 1.807) is 0 Å². The van der Waals surface area contributed by atoms with Gasteiger partial charge in [0.2, 0.25) is 0 Å². The van der Waals surface area contributed by atoms with Crippen LogP contribution in [0, 0.1) is 0 Å². The summed E-state index contributed by atoms with van der Waals surface area (Å²) in [7, 11) is -21.7. The minimum absolute atomic E-state index is 1.35. The number of hydrogen-bond acceptors (Lipinski definition) is 12. The van der Waals surface area contributed by atoms with E-state index in [0.717, 1.165) is 0 Å². The van der Waals surface area contributed by atoms with Crippen molar-refractivity contribution < 1.29 is 109 Å². The number of unbranched alkanes of at least 4 members (excludes halogenated alkanes) is 24. The summed E-state index contributed by atoms with van der Waals surface area (Å²) in [6.45, 7) is 90.1. The number of quaternary nitrogens is 6. The first-order valence-electron chi connectivity index (χ1n) is 51.8. The Morgan fingerprint density at radius 1 is 0.127 bits per heavy atom. The van der Waals surface area contributed by atoms with Gasteiger partial charge in [-0.15, -0.1) is 0 Å². The van der Waals surface area contributed by atoms with Crippen LogP contribution in [0.4, 0.5) is 25.2 Å². The van der Waals surface area contributed by atoms with E-state index in [9.17, 15) is 25.2 Å². The van der Waals surface area contributed by atoms with E-state index < -0.39 is 50.0 Å². The second-order valence-electron chi connectivity index (χ2n) is 35.2. The van der Waals surface area contributed by atoms with E-state index in [0.29, 0.717) is 0 Å². The van der Waals surface area contributed by atoms with E-state index in [4.69, 9.17) is 56.8 Å². The molecule has 0 aliphatic heterocycles. The smallest absolute Gasteiger partial charge is 0.540 e. The van der Waals surface area contributed by atoms with Gasteiger partial charge in [-0.1, -0.05) is 320 Å².